The second-order valence-electron chi connectivity index (χ2n) is 3.88. The van der Waals surface area contributed by atoms with E-state index in [0.717, 1.165) is 0 Å². The monoisotopic (exact) mass is 157 g/mol. The summed E-state index contributed by atoms with van der Waals surface area (Å²) in [6.45, 7) is 11.7. The Balaban J connectivity index is 3.71. The van der Waals surface area contributed by atoms with Crippen LogP contribution >= 0.6 is 0 Å². The molecule has 0 aliphatic rings. The highest BCUT2D eigenvalue weighted by atomic mass is 16.5. The minimum absolute atomic E-state index is 0.230. The molecule has 0 aromatic carbocycles. The van der Waals surface area contributed by atoms with Gasteiger partial charge in [-0.05, 0) is 26.7 Å². The molecule has 0 N–H and O–H groups in total. The molecule has 0 fully saturated rings. The van der Waals surface area contributed by atoms with Crippen LogP contribution in [-0.2, 0) is 9.53 Å². The number of hydrogen-bond donors (Lipinski definition) is 0. The summed E-state index contributed by atoms with van der Waals surface area (Å²) >= 11 is 0. The molecular weight excluding hydrogens is 140 g/mol. The van der Waals surface area contributed by atoms with Gasteiger partial charge in [0.2, 0.25) is 0 Å². The van der Waals surface area contributed by atoms with Crippen molar-refractivity contribution in [3.05, 3.63) is 6.92 Å². The van der Waals surface area contributed by atoms with E-state index < -0.39 is 5.41 Å². The van der Waals surface area contributed by atoms with Gasteiger partial charge < -0.3 is 4.74 Å². The highest BCUT2D eigenvalue weighted by Crippen LogP contribution is 2.14. The molecule has 65 valence electrons. The first-order valence-corrected chi connectivity index (χ1v) is 3.86. The molecule has 0 rings (SSSR count). The molecular formula is C9H17O2. The van der Waals surface area contributed by atoms with E-state index in [1.807, 2.05) is 13.8 Å². The average molecular weight is 157 g/mol. The normalized spacial score (nSPS) is 11.8. The van der Waals surface area contributed by atoms with Gasteiger partial charge in [0, 0.05) is 0 Å². The third kappa shape index (κ3) is 4.82. The summed E-state index contributed by atoms with van der Waals surface area (Å²) in [5.74, 6) is 0.160. The zero-order valence-electron chi connectivity index (χ0n) is 7.81. The molecule has 0 spiro atoms. The van der Waals surface area contributed by atoms with Gasteiger partial charge in [-0.3, -0.25) is 4.79 Å². The van der Waals surface area contributed by atoms with Crippen molar-refractivity contribution in [2.45, 2.75) is 27.7 Å². The van der Waals surface area contributed by atoms with Crippen LogP contribution in [0.25, 0.3) is 0 Å². The molecule has 0 amide bonds. The highest BCUT2D eigenvalue weighted by Gasteiger charge is 2.23. The van der Waals surface area contributed by atoms with E-state index in [2.05, 4.69) is 6.92 Å². The lowest BCUT2D eigenvalue weighted by atomic mass is 9.97. The first-order valence-electron chi connectivity index (χ1n) is 3.86. The van der Waals surface area contributed by atoms with Crippen molar-refractivity contribution in [2.24, 2.45) is 11.3 Å². The number of rotatable bonds is 3. The molecule has 0 bridgehead atoms. The van der Waals surface area contributed by atoms with E-state index in [1.165, 1.54) is 0 Å². The van der Waals surface area contributed by atoms with Crippen LogP contribution in [0.5, 0.6) is 0 Å². The third-order valence-corrected chi connectivity index (χ3v) is 1.10. The van der Waals surface area contributed by atoms with Crippen molar-refractivity contribution >= 4 is 5.97 Å². The largest absolute Gasteiger partial charge is 0.465 e. The molecule has 2 nitrogen and oxygen atoms in total. The van der Waals surface area contributed by atoms with Gasteiger partial charge in [-0.2, -0.15) is 0 Å². The van der Waals surface area contributed by atoms with Gasteiger partial charge in [0.25, 0.3) is 0 Å². The summed E-state index contributed by atoms with van der Waals surface area (Å²) < 4.78 is 4.97. The summed E-state index contributed by atoms with van der Waals surface area (Å²) in [5.41, 5.74) is -0.616. The standard InChI is InChI=1S/C9H17O2/c1-7(2)6-11-8(10)9(3,4)5/h7H,3,6H2,1-2,4-5H3. The van der Waals surface area contributed by atoms with Crippen LogP contribution in [0, 0.1) is 18.3 Å². The number of esters is 1. The number of carbonyl (C=O) groups excluding carboxylic acids is 1. The summed E-state index contributed by atoms with van der Waals surface area (Å²) in [6, 6.07) is 0. The Morgan fingerprint density at radius 2 is 2.00 bits per heavy atom. The van der Waals surface area contributed by atoms with E-state index in [4.69, 9.17) is 4.74 Å². The van der Waals surface area contributed by atoms with Gasteiger partial charge in [0.1, 0.15) is 0 Å². The lowest BCUT2D eigenvalue weighted by molar-refractivity contribution is -0.152. The minimum atomic E-state index is -0.616. The molecule has 0 aliphatic heterocycles. The second kappa shape index (κ2) is 3.74. The molecule has 0 atom stereocenters. The topological polar surface area (TPSA) is 26.3 Å². The van der Waals surface area contributed by atoms with Gasteiger partial charge in [-0.1, -0.05) is 13.8 Å². The van der Waals surface area contributed by atoms with E-state index in [9.17, 15) is 4.79 Å². The fraction of sp³-hybridized carbons (Fsp3) is 0.778. The van der Waals surface area contributed by atoms with Crippen LogP contribution in [0.4, 0.5) is 0 Å². The molecule has 0 unspecified atom stereocenters. The Labute approximate surface area is 68.9 Å². The van der Waals surface area contributed by atoms with Crippen LogP contribution in [0.3, 0.4) is 0 Å². The van der Waals surface area contributed by atoms with E-state index in [-0.39, 0.29) is 5.97 Å². The Hall–Kier alpha value is -0.530. The maximum Gasteiger partial charge on any atom is 0.311 e. The number of ether oxygens (including phenoxy) is 1. The van der Waals surface area contributed by atoms with E-state index >= 15 is 0 Å². The first kappa shape index (κ1) is 10.5. The second-order valence-corrected chi connectivity index (χ2v) is 3.88. The zero-order valence-corrected chi connectivity index (χ0v) is 7.81. The SMILES string of the molecule is [CH2]C(C)(C)C(=O)OCC(C)C. The lowest BCUT2D eigenvalue weighted by Crippen LogP contribution is -2.24. The summed E-state index contributed by atoms with van der Waals surface area (Å²) in [6.07, 6.45) is 0. The fourth-order valence-corrected chi connectivity index (χ4v) is 0.438. The maximum absolute atomic E-state index is 11.1. The predicted octanol–water partition coefficient (Wildman–Crippen LogP) is 2.05. The maximum atomic E-state index is 11.1. The highest BCUT2D eigenvalue weighted by molar-refractivity contribution is 5.76. The zero-order chi connectivity index (χ0) is 9.07. The van der Waals surface area contributed by atoms with Crippen molar-refractivity contribution < 1.29 is 9.53 Å². The molecule has 2 heteroatoms. The van der Waals surface area contributed by atoms with Crippen molar-refractivity contribution in [3.8, 4) is 0 Å². The molecule has 11 heavy (non-hydrogen) atoms. The van der Waals surface area contributed by atoms with Gasteiger partial charge >= 0.3 is 5.97 Å². The molecule has 0 aromatic rings. The van der Waals surface area contributed by atoms with Crippen LogP contribution in [0.1, 0.15) is 27.7 Å². The minimum Gasteiger partial charge on any atom is -0.465 e. The van der Waals surface area contributed by atoms with Gasteiger partial charge in [0.15, 0.2) is 0 Å². The average Bonchev–Trinajstić information content (AvgIpc) is 1.80. The summed E-state index contributed by atoms with van der Waals surface area (Å²) in [4.78, 5) is 11.1. The quantitative estimate of drug-likeness (QED) is 0.586. The molecule has 0 aliphatic carbocycles. The predicted molar refractivity (Wildman–Crippen MR) is 44.9 cm³/mol. The van der Waals surface area contributed by atoms with Gasteiger partial charge in [-0.15, -0.1) is 0 Å². The summed E-state index contributed by atoms with van der Waals surface area (Å²) in [5, 5.41) is 0. The van der Waals surface area contributed by atoms with Crippen LogP contribution in [0.15, 0.2) is 0 Å². The summed E-state index contributed by atoms with van der Waals surface area (Å²) in [7, 11) is 0. The van der Waals surface area contributed by atoms with Crippen LogP contribution in [0.2, 0.25) is 0 Å². The first-order chi connectivity index (χ1) is 4.84. The Kier molecular flexibility index (Phi) is 3.56. The van der Waals surface area contributed by atoms with Crippen LogP contribution < -0.4 is 0 Å². The number of carbonyl (C=O) groups is 1. The lowest BCUT2D eigenvalue weighted by Gasteiger charge is -2.17. The van der Waals surface area contributed by atoms with Gasteiger partial charge in [0.05, 0.1) is 12.0 Å². The van der Waals surface area contributed by atoms with Gasteiger partial charge in [-0.25, -0.2) is 0 Å². The Morgan fingerprint density at radius 3 is 2.27 bits per heavy atom. The Morgan fingerprint density at radius 1 is 1.55 bits per heavy atom. The van der Waals surface area contributed by atoms with Crippen molar-refractivity contribution in [1.82, 2.24) is 0 Å². The fourth-order valence-electron chi connectivity index (χ4n) is 0.438. The van der Waals surface area contributed by atoms with E-state index in [1.54, 1.807) is 13.8 Å². The molecule has 1 radical (unpaired) electrons. The van der Waals surface area contributed by atoms with E-state index in [0.29, 0.717) is 12.5 Å². The molecule has 0 saturated heterocycles. The van der Waals surface area contributed by atoms with Crippen molar-refractivity contribution in [3.63, 3.8) is 0 Å². The molecule has 0 saturated carbocycles. The smallest absolute Gasteiger partial charge is 0.311 e. The Bertz CT molecular complexity index is 131. The molecule has 0 aromatic heterocycles. The van der Waals surface area contributed by atoms with Crippen LogP contribution in [-0.4, -0.2) is 12.6 Å². The molecule has 0 heterocycles. The van der Waals surface area contributed by atoms with Crippen molar-refractivity contribution in [2.75, 3.05) is 6.61 Å². The van der Waals surface area contributed by atoms with Crippen molar-refractivity contribution in [1.29, 1.82) is 0 Å². The third-order valence-electron chi connectivity index (χ3n) is 1.10. The number of hydrogen-bond acceptors (Lipinski definition) is 2.